The number of rotatable bonds is 8. The highest BCUT2D eigenvalue weighted by Crippen LogP contribution is 2.40. The summed E-state index contributed by atoms with van der Waals surface area (Å²) >= 11 is 1.60. The maximum absolute atomic E-state index is 13.1. The maximum atomic E-state index is 13.1. The molecule has 0 saturated carbocycles. The van der Waals surface area contributed by atoms with Crippen molar-refractivity contribution in [3.05, 3.63) is 90.9 Å². The summed E-state index contributed by atoms with van der Waals surface area (Å²) in [6.45, 7) is 3.54. The first kappa shape index (κ1) is 23.9. The molecule has 1 aromatic carbocycles. The summed E-state index contributed by atoms with van der Waals surface area (Å²) in [5, 5.41) is 18.4. The molecule has 1 aliphatic rings. The maximum Gasteiger partial charge on any atom is 0.336 e. The van der Waals surface area contributed by atoms with Gasteiger partial charge in [0, 0.05) is 23.5 Å². The second-order valence-electron chi connectivity index (χ2n) is 7.36. The molecule has 0 bridgehead atoms. The lowest BCUT2D eigenvalue weighted by Gasteiger charge is -2.30. The average molecular weight is 469 g/mol. The molecule has 1 N–H and O–H groups in total. The fourth-order valence-corrected chi connectivity index (χ4v) is 4.31. The summed E-state index contributed by atoms with van der Waals surface area (Å²) in [6.07, 6.45) is 4.38. The zero-order chi connectivity index (χ0) is 24.0. The Bertz CT molecular complexity index is 1150. The van der Waals surface area contributed by atoms with Crippen LogP contribution in [0.3, 0.4) is 0 Å². The highest BCUT2D eigenvalue weighted by molar-refractivity contribution is 7.08. The number of methoxy groups -OCH3 is 1. The number of carbonyl (C=O) groups excluding carboxylic acids is 2. The Morgan fingerprint density at radius 2 is 1.91 bits per heavy atom. The van der Waals surface area contributed by atoms with E-state index >= 15 is 0 Å². The Morgan fingerprint density at radius 3 is 2.55 bits per heavy atom. The monoisotopic (exact) mass is 468 g/mol. The molecule has 1 aliphatic heterocycles. The van der Waals surface area contributed by atoms with Gasteiger partial charge in [0.25, 0.3) is 5.69 Å². The molecular weight excluding hydrogens is 444 g/mol. The molecule has 0 fully saturated rings. The standard InChI is InChI=1S/C24H24N2O6S/c1-15-20(23(27)31-3)22(18-8-6-9-19(13-18)26(29)30)21(16(2)25-15)24(28)32-11-5-4-7-17-10-12-33-14-17/h4,6-10,12-14,22,25H,5,11H2,1-3H3. The summed E-state index contributed by atoms with van der Waals surface area (Å²) in [7, 11) is 1.25. The van der Waals surface area contributed by atoms with E-state index in [0.29, 0.717) is 23.4 Å². The summed E-state index contributed by atoms with van der Waals surface area (Å²) in [5.74, 6) is -2.10. The zero-order valence-corrected chi connectivity index (χ0v) is 19.3. The van der Waals surface area contributed by atoms with Crippen molar-refractivity contribution >= 4 is 35.0 Å². The van der Waals surface area contributed by atoms with Crippen molar-refractivity contribution < 1.29 is 24.0 Å². The van der Waals surface area contributed by atoms with Gasteiger partial charge in [-0.1, -0.05) is 24.3 Å². The fourth-order valence-electron chi connectivity index (χ4n) is 3.68. The quantitative estimate of drug-likeness (QED) is 0.259. The SMILES string of the molecule is COC(=O)C1=C(C)NC(C)=C(C(=O)OCCC=Cc2ccsc2)C1c1cccc([N+](=O)[O-])c1. The normalized spacial score (nSPS) is 16.0. The van der Waals surface area contributed by atoms with Crippen LogP contribution in [-0.2, 0) is 19.1 Å². The summed E-state index contributed by atoms with van der Waals surface area (Å²) in [5.41, 5.74) is 2.79. The predicted molar refractivity (Wildman–Crippen MR) is 125 cm³/mol. The van der Waals surface area contributed by atoms with Crippen molar-refractivity contribution in [3.63, 3.8) is 0 Å². The number of nitro groups is 1. The van der Waals surface area contributed by atoms with Crippen LogP contribution in [0.5, 0.6) is 0 Å². The van der Waals surface area contributed by atoms with E-state index < -0.39 is 22.8 Å². The van der Waals surface area contributed by atoms with Gasteiger partial charge in [-0.15, -0.1) is 0 Å². The first-order valence-corrected chi connectivity index (χ1v) is 11.1. The molecule has 9 heteroatoms. The van der Waals surface area contributed by atoms with E-state index in [1.54, 1.807) is 31.3 Å². The highest BCUT2D eigenvalue weighted by Gasteiger charge is 2.38. The molecule has 2 heterocycles. The van der Waals surface area contributed by atoms with Gasteiger partial charge in [-0.05, 0) is 48.2 Å². The lowest BCUT2D eigenvalue weighted by molar-refractivity contribution is -0.384. The summed E-state index contributed by atoms with van der Waals surface area (Å²) in [4.78, 5) is 36.5. The minimum absolute atomic E-state index is 0.142. The predicted octanol–water partition coefficient (Wildman–Crippen LogP) is 4.71. The van der Waals surface area contributed by atoms with Crippen molar-refractivity contribution in [2.24, 2.45) is 0 Å². The second kappa shape index (κ2) is 10.7. The first-order valence-electron chi connectivity index (χ1n) is 10.2. The number of thiophene rings is 1. The zero-order valence-electron chi connectivity index (χ0n) is 18.5. The van der Waals surface area contributed by atoms with Gasteiger partial charge >= 0.3 is 11.9 Å². The number of esters is 2. The molecule has 0 aliphatic carbocycles. The molecule has 33 heavy (non-hydrogen) atoms. The van der Waals surface area contributed by atoms with Crippen LogP contribution in [0.2, 0.25) is 0 Å². The minimum Gasteiger partial charge on any atom is -0.466 e. The van der Waals surface area contributed by atoms with Gasteiger partial charge in [-0.2, -0.15) is 11.3 Å². The van der Waals surface area contributed by atoms with Crippen LogP contribution >= 0.6 is 11.3 Å². The van der Waals surface area contributed by atoms with Crippen LogP contribution in [0.25, 0.3) is 6.08 Å². The van der Waals surface area contributed by atoms with E-state index in [9.17, 15) is 19.7 Å². The number of benzene rings is 1. The van der Waals surface area contributed by atoms with Gasteiger partial charge in [0.2, 0.25) is 0 Å². The van der Waals surface area contributed by atoms with Crippen molar-refractivity contribution in [1.29, 1.82) is 0 Å². The topological polar surface area (TPSA) is 108 Å². The molecule has 8 nitrogen and oxygen atoms in total. The van der Waals surface area contributed by atoms with Crippen LogP contribution in [0.15, 0.2) is 69.7 Å². The molecule has 172 valence electrons. The molecule has 0 saturated heterocycles. The van der Waals surface area contributed by atoms with Crippen LogP contribution in [0.4, 0.5) is 5.69 Å². The Balaban J connectivity index is 1.89. The highest BCUT2D eigenvalue weighted by atomic mass is 32.1. The lowest BCUT2D eigenvalue weighted by atomic mass is 9.80. The fraction of sp³-hybridized carbons (Fsp3) is 0.250. The van der Waals surface area contributed by atoms with Gasteiger partial charge in [0.1, 0.15) is 0 Å². The number of hydrogen-bond donors (Lipinski definition) is 1. The molecule has 1 atom stereocenters. The van der Waals surface area contributed by atoms with Gasteiger partial charge < -0.3 is 14.8 Å². The van der Waals surface area contributed by atoms with Crippen molar-refractivity contribution in [1.82, 2.24) is 5.32 Å². The van der Waals surface area contributed by atoms with E-state index in [2.05, 4.69) is 5.32 Å². The molecule has 0 radical (unpaired) electrons. The van der Waals surface area contributed by atoms with E-state index in [4.69, 9.17) is 9.47 Å². The van der Waals surface area contributed by atoms with Crippen LogP contribution in [0, 0.1) is 10.1 Å². The largest absolute Gasteiger partial charge is 0.466 e. The van der Waals surface area contributed by atoms with Crippen molar-refractivity contribution in [2.75, 3.05) is 13.7 Å². The number of ether oxygens (including phenoxy) is 2. The summed E-state index contributed by atoms with van der Waals surface area (Å²) in [6, 6.07) is 7.86. The molecule has 0 amide bonds. The number of hydrogen-bond acceptors (Lipinski definition) is 8. The van der Waals surface area contributed by atoms with Gasteiger partial charge in [0.05, 0.1) is 35.7 Å². The van der Waals surface area contributed by atoms with Crippen molar-refractivity contribution in [3.8, 4) is 0 Å². The van der Waals surface area contributed by atoms with Crippen molar-refractivity contribution in [2.45, 2.75) is 26.2 Å². The number of nitro benzene ring substituents is 1. The van der Waals surface area contributed by atoms with Crippen LogP contribution < -0.4 is 5.32 Å². The molecule has 1 aromatic heterocycles. The van der Waals surface area contributed by atoms with Crippen LogP contribution in [0.1, 0.15) is 37.3 Å². The van der Waals surface area contributed by atoms with E-state index in [-0.39, 0.29) is 23.4 Å². The molecule has 1 unspecified atom stereocenters. The van der Waals surface area contributed by atoms with E-state index in [0.717, 1.165) is 5.56 Å². The summed E-state index contributed by atoms with van der Waals surface area (Å²) < 4.78 is 10.5. The smallest absolute Gasteiger partial charge is 0.336 e. The lowest BCUT2D eigenvalue weighted by Crippen LogP contribution is -2.32. The van der Waals surface area contributed by atoms with Gasteiger partial charge in [-0.3, -0.25) is 10.1 Å². The molecule has 0 spiro atoms. The van der Waals surface area contributed by atoms with Crippen LogP contribution in [-0.4, -0.2) is 30.6 Å². The molecule has 2 aromatic rings. The van der Waals surface area contributed by atoms with Gasteiger partial charge in [-0.25, -0.2) is 9.59 Å². The molecular formula is C24H24N2O6S. The Morgan fingerprint density at radius 1 is 1.18 bits per heavy atom. The number of carbonyl (C=O) groups is 2. The third kappa shape index (κ3) is 5.56. The minimum atomic E-state index is -0.868. The van der Waals surface area contributed by atoms with E-state index in [1.807, 2.05) is 29.0 Å². The Hall–Kier alpha value is -3.72. The Labute approximate surface area is 195 Å². The number of nitrogens with one attached hydrogen (secondary N) is 1. The first-order chi connectivity index (χ1) is 15.8. The third-order valence-electron chi connectivity index (χ3n) is 5.17. The number of dihydropyridines is 1. The number of nitrogens with zero attached hydrogens (tertiary/aromatic N) is 1. The second-order valence-corrected chi connectivity index (χ2v) is 8.14. The average Bonchev–Trinajstić information content (AvgIpc) is 3.31. The molecule has 3 rings (SSSR count). The third-order valence-corrected chi connectivity index (χ3v) is 5.87. The van der Waals surface area contributed by atoms with E-state index in [1.165, 1.54) is 25.3 Å². The number of allylic oxidation sites excluding steroid dienone is 2. The van der Waals surface area contributed by atoms with Gasteiger partial charge in [0.15, 0.2) is 0 Å². The number of non-ortho nitro benzene ring substituents is 1. The Kier molecular flexibility index (Phi) is 7.78.